The highest BCUT2D eigenvalue weighted by molar-refractivity contribution is 7.17. The molecule has 3 aromatic rings. The van der Waals surface area contributed by atoms with Crippen molar-refractivity contribution in [2.75, 3.05) is 45.8 Å². The van der Waals surface area contributed by atoms with Gasteiger partial charge in [0.15, 0.2) is 0 Å². The minimum Gasteiger partial charge on any atom is -0.341 e. The second kappa shape index (κ2) is 10.2. The molecule has 0 aliphatic carbocycles. The SMILES string of the molecule is C[C@@H]1C[C@H](C)CN(C(=O)CN2CCN(Cc3nc4scc(-c5ccc(F)cc5)c4c(=O)[nH]3)CC2)C1. The number of aromatic nitrogens is 2. The van der Waals surface area contributed by atoms with Crippen LogP contribution in [0.2, 0.25) is 0 Å². The van der Waals surface area contributed by atoms with Crippen LogP contribution in [0.4, 0.5) is 4.39 Å². The van der Waals surface area contributed by atoms with Gasteiger partial charge in [-0.3, -0.25) is 19.4 Å². The first-order valence-electron chi connectivity index (χ1n) is 12.3. The number of hydrogen-bond acceptors (Lipinski definition) is 6. The van der Waals surface area contributed by atoms with Crippen molar-refractivity contribution in [2.45, 2.75) is 26.8 Å². The Balaban J connectivity index is 1.19. The Morgan fingerprint density at radius 2 is 1.74 bits per heavy atom. The summed E-state index contributed by atoms with van der Waals surface area (Å²) in [6, 6.07) is 6.16. The van der Waals surface area contributed by atoms with Gasteiger partial charge in [0.1, 0.15) is 16.5 Å². The van der Waals surface area contributed by atoms with Crippen molar-refractivity contribution < 1.29 is 9.18 Å². The number of halogens is 1. The molecule has 2 aliphatic heterocycles. The van der Waals surface area contributed by atoms with Crippen LogP contribution >= 0.6 is 11.3 Å². The average molecular weight is 498 g/mol. The molecule has 0 unspecified atom stereocenters. The molecule has 0 bridgehead atoms. The Morgan fingerprint density at radius 1 is 1.09 bits per heavy atom. The normalized spacial score (nSPS) is 22.1. The number of carbonyl (C=O) groups excluding carboxylic acids is 1. The van der Waals surface area contributed by atoms with E-state index in [1.54, 1.807) is 12.1 Å². The Hall–Kier alpha value is -2.62. The number of aromatic amines is 1. The fourth-order valence-electron chi connectivity index (χ4n) is 5.39. The van der Waals surface area contributed by atoms with Crippen LogP contribution < -0.4 is 5.56 Å². The highest BCUT2D eigenvalue weighted by atomic mass is 32.1. The average Bonchev–Trinajstić information content (AvgIpc) is 3.25. The minimum absolute atomic E-state index is 0.167. The zero-order valence-electron chi connectivity index (χ0n) is 20.3. The third-order valence-electron chi connectivity index (χ3n) is 7.07. The van der Waals surface area contributed by atoms with Gasteiger partial charge in [0.05, 0.1) is 18.5 Å². The molecule has 1 aromatic carbocycles. The number of hydrogen-bond donors (Lipinski definition) is 1. The minimum atomic E-state index is -0.303. The summed E-state index contributed by atoms with van der Waals surface area (Å²) in [5.41, 5.74) is 1.41. The Bertz CT molecular complexity index is 1240. The highest BCUT2D eigenvalue weighted by Gasteiger charge is 2.27. The van der Waals surface area contributed by atoms with E-state index in [2.05, 4.69) is 28.6 Å². The third-order valence-corrected chi connectivity index (χ3v) is 7.94. The number of carbonyl (C=O) groups is 1. The number of rotatable bonds is 5. The van der Waals surface area contributed by atoms with Gasteiger partial charge in [-0.15, -0.1) is 11.3 Å². The number of amides is 1. The molecule has 1 N–H and O–H groups in total. The quantitative estimate of drug-likeness (QED) is 0.585. The van der Waals surface area contributed by atoms with Gasteiger partial charge in [0.25, 0.3) is 5.56 Å². The predicted octanol–water partition coefficient (Wildman–Crippen LogP) is 3.41. The van der Waals surface area contributed by atoms with Crippen molar-refractivity contribution in [2.24, 2.45) is 11.8 Å². The van der Waals surface area contributed by atoms with Crippen molar-refractivity contribution in [1.82, 2.24) is 24.7 Å². The number of piperazine rings is 1. The molecule has 2 fully saturated rings. The van der Waals surface area contributed by atoms with Crippen LogP contribution in [0.3, 0.4) is 0 Å². The molecule has 5 rings (SSSR count). The van der Waals surface area contributed by atoms with Crippen LogP contribution in [0.15, 0.2) is 34.4 Å². The topological polar surface area (TPSA) is 72.5 Å². The van der Waals surface area contributed by atoms with Crippen molar-refractivity contribution in [3.63, 3.8) is 0 Å². The van der Waals surface area contributed by atoms with E-state index in [9.17, 15) is 14.0 Å². The first-order valence-corrected chi connectivity index (χ1v) is 13.2. The lowest BCUT2D eigenvalue weighted by atomic mass is 9.92. The van der Waals surface area contributed by atoms with Crippen molar-refractivity contribution >= 4 is 27.5 Å². The molecule has 2 saturated heterocycles. The number of likely N-dealkylation sites (tertiary alicyclic amines) is 1. The summed E-state index contributed by atoms with van der Waals surface area (Å²) in [4.78, 5) is 40.6. The van der Waals surface area contributed by atoms with Crippen LogP contribution in [0.1, 0.15) is 26.1 Å². The summed E-state index contributed by atoms with van der Waals surface area (Å²) in [5.74, 6) is 1.73. The van der Waals surface area contributed by atoms with Crippen molar-refractivity contribution in [1.29, 1.82) is 0 Å². The lowest BCUT2D eigenvalue weighted by Gasteiger charge is -2.38. The monoisotopic (exact) mass is 497 g/mol. The molecule has 0 radical (unpaired) electrons. The molecule has 0 saturated carbocycles. The Morgan fingerprint density at radius 3 is 2.43 bits per heavy atom. The van der Waals surface area contributed by atoms with Crippen LogP contribution in [-0.4, -0.2) is 76.4 Å². The largest absolute Gasteiger partial charge is 0.341 e. The van der Waals surface area contributed by atoms with E-state index in [-0.39, 0.29) is 17.3 Å². The number of benzene rings is 1. The maximum atomic E-state index is 13.3. The molecule has 9 heteroatoms. The molecule has 186 valence electrons. The van der Waals surface area contributed by atoms with E-state index in [0.717, 1.165) is 50.4 Å². The van der Waals surface area contributed by atoms with E-state index in [1.807, 2.05) is 10.3 Å². The summed E-state index contributed by atoms with van der Waals surface area (Å²) >= 11 is 1.43. The van der Waals surface area contributed by atoms with Crippen LogP contribution in [0.5, 0.6) is 0 Å². The van der Waals surface area contributed by atoms with Gasteiger partial charge in [0.2, 0.25) is 5.91 Å². The van der Waals surface area contributed by atoms with E-state index in [0.29, 0.717) is 41.0 Å². The molecule has 2 atom stereocenters. The van der Waals surface area contributed by atoms with E-state index in [1.165, 1.54) is 29.9 Å². The molecule has 2 aromatic heterocycles. The maximum Gasteiger partial charge on any atom is 0.260 e. The van der Waals surface area contributed by atoms with Gasteiger partial charge in [-0.25, -0.2) is 9.37 Å². The molecule has 0 spiro atoms. The van der Waals surface area contributed by atoms with Gasteiger partial charge >= 0.3 is 0 Å². The molecule has 1 amide bonds. The summed E-state index contributed by atoms with van der Waals surface area (Å²) in [6.07, 6.45) is 1.20. The standard InChI is InChI=1S/C26H32FN5O2S/c1-17-11-18(2)13-32(12-17)23(33)15-31-9-7-30(8-10-31)14-22-28-25(34)24-21(16-35-26(24)29-22)19-3-5-20(27)6-4-19/h3-6,16-18H,7-15H2,1-2H3,(H,28,29,34)/t17-,18+. The summed E-state index contributed by atoms with van der Waals surface area (Å²) in [7, 11) is 0. The van der Waals surface area contributed by atoms with Crippen LogP contribution in [-0.2, 0) is 11.3 Å². The molecule has 2 aliphatic rings. The van der Waals surface area contributed by atoms with Gasteiger partial charge in [-0.1, -0.05) is 26.0 Å². The number of fused-ring (bicyclic) bond motifs is 1. The number of nitrogens with zero attached hydrogens (tertiary/aromatic N) is 4. The highest BCUT2D eigenvalue weighted by Crippen LogP contribution is 2.31. The third kappa shape index (κ3) is 5.47. The maximum absolute atomic E-state index is 13.3. The van der Waals surface area contributed by atoms with Gasteiger partial charge in [-0.05, 0) is 36.0 Å². The van der Waals surface area contributed by atoms with Crippen molar-refractivity contribution in [3.05, 3.63) is 51.6 Å². The van der Waals surface area contributed by atoms with Gasteiger partial charge in [-0.2, -0.15) is 0 Å². The summed E-state index contributed by atoms with van der Waals surface area (Å²) in [5, 5.41) is 2.46. The van der Waals surface area contributed by atoms with Crippen LogP contribution in [0.25, 0.3) is 21.3 Å². The molecule has 4 heterocycles. The lowest BCUT2D eigenvalue weighted by Crippen LogP contribution is -2.51. The number of H-pyrrole nitrogens is 1. The summed E-state index contributed by atoms with van der Waals surface area (Å²) in [6.45, 7) is 10.5. The first-order chi connectivity index (χ1) is 16.9. The molecular weight excluding hydrogens is 465 g/mol. The lowest BCUT2D eigenvalue weighted by molar-refractivity contribution is -0.135. The van der Waals surface area contributed by atoms with Crippen molar-refractivity contribution in [3.8, 4) is 11.1 Å². The first kappa shape index (κ1) is 24.1. The second-order valence-electron chi connectivity index (χ2n) is 10.1. The molecular formula is C26H32FN5O2S. The van der Waals surface area contributed by atoms with E-state index < -0.39 is 0 Å². The number of piperidine rings is 1. The zero-order valence-corrected chi connectivity index (χ0v) is 21.1. The predicted molar refractivity (Wildman–Crippen MR) is 137 cm³/mol. The van der Waals surface area contributed by atoms with E-state index >= 15 is 0 Å². The van der Waals surface area contributed by atoms with Gasteiger partial charge in [0, 0.05) is 50.2 Å². The van der Waals surface area contributed by atoms with Crippen LogP contribution in [0, 0.1) is 17.7 Å². The van der Waals surface area contributed by atoms with Gasteiger partial charge < -0.3 is 9.88 Å². The number of thiophene rings is 1. The Kier molecular flexibility index (Phi) is 7.00. The van der Waals surface area contributed by atoms with E-state index in [4.69, 9.17) is 4.98 Å². The fraction of sp³-hybridized carbons (Fsp3) is 0.500. The fourth-order valence-corrected chi connectivity index (χ4v) is 6.35. The summed E-state index contributed by atoms with van der Waals surface area (Å²) < 4.78 is 13.3. The second-order valence-corrected chi connectivity index (χ2v) is 11.0. The zero-order chi connectivity index (χ0) is 24.5. The Labute approximate surface area is 208 Å². The molecule has 7 nitrogen and oxygen atoms in total. The smallest absolute Gasteiger partial charge is 0.260 e. The number of nitrogens with one attached hydrogen (secondary N) is 1. The molecule has 35 heavy (non-hydrogen) atoms.